The number of aryl methyl sites for hydroxylation is 1. The quantitative estimate of drug-likeness (QED) is 0.690. The molecular formula is C18H32N2. The Kier molecular flexibility index (Phi) is 8.56. The lowest BCUT2D eigenvalue weighted by atomic mass is 9.98. The van der Waals surface area contributed by atoms with Crippen LogP contribution < -0.4 is 5.32 Å². The van der Waals surface area contributed by atoms with Gasteiger partial charge in [-0.15, -0.1) is 0 Å². The largest absolute Gasteiger partial charge is 0.310 e. The molecule has 114 valence electrons. The molecule has 0 aliphatic rings. The van der Waals surface area contributed by atoms with E-state index in [1.165, 1.54) is 43.4 Å². The Hall–Kier alpha value is -0.860. The first-order valence-electron chi connectivity index (χ1n) is 8.16. The van der Waals surface area contributed by atoms with Gasteiger partial charge in [0, 0.05) is 6.04 Å². The third kappa shape index (κ3) is 6.06. The first kappa shape index (κ1) is 17.2. The molecule has 2 heteroatoms. The van der Waals surface area contributed by atoms with E-state index < -0.39 is 0 Å². The zero-order chi connectivity index (χ0) is 14.8. The summed E-state index contributed by atoms with van der Waals surface area (Å²) >= 11 is 0. The molecule has 0 aromatic heterocycles. The Morgan fingerprint density at radius 1 is 1.10 bits per heavy atom. The minimum absolute atomic E-state index is 0.486. The van der Waals surface area contributed by atoms with E-state index >= 15 is 0 Å². The van der Waals surface area contributed by atoms with E-state index in [4.69, 9.17) is 0 Å². The molecule has 0 bridgehead atoms. The predicted molar refractivity (Wildman–Crippen MR) is 89.2 cm³/mol. The standard InChI is InChI=1S/C18H32N2/c1-5-7-14-20(4)15-12-18(19-13-6-2)17-11-9-8-10-16(17)3/h8-11,18-19H,5-7,12-15H2,1-4H3. The van der Waals surface area contributed by atoms with Gasteiger partial charge in [0.2, 0.25) is 0 Å². The van der Waals surface area contributed by atoms with Crippen LogP contribution in [0.25, 0.3) is 0 Å². The summed E-state index contributed by atoms with van der Waals surface area (Å²) in [5.74, 6) is 0. The lowest BCUT2D eigenvalue weighted by molar-refractivity contribution is 0.302. The summed E-state index contributed by atoms with van der Waals surface area (Å²) in [6.07, 6.45) is 4.95. The fraction of sp³-hybridized carbons (Fsp3) is 0.667. The summed E-state index contributed by atoms with van der Waals surface area (Å²) in [6, 6.07) is 9.26. The Morgan fingerprint density at radius 2 is 1.85 bits per heavy atom. The third-order valence-corrected chi connectivity index (χ3v) is 3.90. The highest BCUT2D eigenvalue weighted by atomic mass is 15.1. The maximum absolute atomic E-state index is 3.71. The fourth-order valence-electron chi connectivity index (χ4n) is 2.55. The van der Waals surface area contributed by atoms with Crippen molar-refractivity contribution < 1.29 is 0 Å². The summed E-state index contributed by atoms with van der Waals surface area (Å²) in [7, 11) is 2.24. The van der Waals surface area contributed by atoms with Crippen LogP contribution in [0, 0.1) is 6.92 Å². The third-order valence-electron chi connectivity index (χ3n) is 3.90. The second-order valence-corrected chi connectivity index (χ2v) is 5.81. The summed E-state index contributed by atoms with van der Waals surface area (Å²) < 4.78 is 0. The minimum Gasteiger partial charge on any atom is -0.310 e. The maximum Gasteiger partial charge on any atom is 0.0335 e. The zero-order valence-corrected chi connectivity index (χ0v) is 13.8. The second kappa shape index (κ2) is 9.95. The van der Waals surface area contributed by atoms with E-state index in [9.17, 15) is 0 Å². The number of hydrogen-bond acceptors (Lipinski definition) is 2. The van der Waals surface area contributed by atoms with Gasteiger partial charge in [0.15, 0.2) is 0 Å². The van der Waals surface area contributed by atoms with Crippen molar-refractivity contribution in [1.82, 2.24) is 10.2 Å². The average Bonchev–Trinajstić information content (AvgIpc) is 2.46. The first-order chi connectivity index (χ1) is 9.69. The molecule has 1 N–H and O–H groups in total. The van der Waals surface area contributed by atoms with E-state index in [0.717, 1.165) is 13.1 Å². The van der Waals surface area contributed by atoms with Crippen LogP contribution in [0.2, 0.25) is 0 Å². The molecule has 0 saturated carbocycles. The monoisotopic (exact) mass is 276 g/mol. The van der Waals surface area contributed by atoms with Gasteiger partial charge < -0.3 is 10.2 Å². The Labute approximate surface area is 125 Å². The van der Waals surface area contributed by atoms with Crippen LogP contribution in [0.5, 0.6) is 0 Å². The van der Waals surface area contributed by atoms with Crippen molar-refractivity contribution in [3.05, 3.63) is 35.4 Å². The van der Waals surface area contributed by atoms with Gasteiger partial charge in [-0.25, -0.2) is 0 Å². The molecular weight excluding hydrogens is 244 g/mol. The lowest BCUT2D eigenvalue weighted by Crippen LogP contribution is -2.28. The molecule has 0 heterocycles. The van der Waals surface area contributed by atoms with Crippen molar-refractivity contribution in [2.24, 2.45) is 0 Å². The molecule has 1 rings (SSSR count). The summed E-state index contributed by atoms with van der Waals surface area (Å²) in [6.45, 7) is 10.2. The second-order valence-electron chi connectivity index (χ2n) is 5.81. The van der Waals surface area contributed by atoms with E-state index in [1.54, 1.807) is 0 Å². The zero-order valence-electron chi connectivity index (χ0n) is 13.8. The van der Waals surface area contributed by atoms with Crippen molar-refractivity contribution >= 4 is 0 Å². The van der Waals surface area contributed by atoms with Crippen LogP contribution in [0.3, 0.4) is 0 Å². The van der Waals surface area contributed by atoms with Crippen molar-refractivity contribution in [2.75, 3.05) is 26.7 Å². The molecule has 0 radical (unpaired) electrons. The fourth-order valence-corrected chi connectivity index (χ4v) is 2.55. The number of benzene rings is 1. The van der Waals surface area contributed by atoms with Crippen molar-refractivity contribution in [2.45, 2.75) is 52.5 Å². The molecule has 0 spiro atoms. The van der Waals surface area contributed by atoms with E-state index in [0.29, 0.717) is 6.04 Å². The normalized spacial score (nSPS) is 12.8. The Bertz CT molecular complexity index is 362. The van der Waals surface area contributed by atoms with Crippen LogP contribution in [0.4, 0.5) is 0 Å². The molecule has 2 nitrogen and oxygen atoms in total. The van der Waals surface area contributed by atoms with Gasteiger partial charge in [0.1, 0.15) is 0 Å². The van der Waals surface area contributed by atoms with Gasteiger partial charge in [-0.1, -0.05) is 44.5 Å². The first-order valence-corrected chi connectivity index (χ1v) is 8.16. The maximum atomic E-state index is 3.71. The molecule has 0 aliphatic heterocycles. The lowest BCUT2D eigenvalue weighted by Gasteiger charge is -2.24. The topological polar surface area (TPSA) is 15.3 Å². The SMILES string of the molecule is CCCCN(C)CCC(NCCC)c1ccccc1C. The highest BCUT2D eigenvalue weighted by molar-refractivity contribution is 5.28. The van der Waals surface area contributed by atoms with Gasteiger partial charge >= 0.3 is 0 Å². The molecule has 0 amide bonds. The number of hydrogen-bond donors (Lipinski definition) is 1. The molecule has 1 atom stereocenters. The highest BCUT2D eigenvalue weighted by Crippen LogP contribution is 2.21. The van der Waals surface area contributed by atoms with E-state index in [2.05, 4.69) is 62.3 Å². The smallest absolute Gasteiger partial charge is 0.0335 e. The van der Waals surface area contributed by atoms with Gasteiger partial charge in [0.05, 0.1) is 0 Å². The van der Waals surface area contributed by atoms with Gasteiger partial charge in [-0.3, -0.25) is 0 Å². The average molecular weight is 276 g/mol. The van der Waals surface area contributed by atoms with E-state index in [1.807, 2.05) is 0 Å². The van der Waals surface area contributed by atoms with E-state index in [-0.39, 0.29) is 0 Å². The molecule has 0 aliphatic carbocycles. The van der Waals surface area contributed by atoms with Crippen molar-refractivity contribution in [3.63, 3.8) is 0 Å². The summed E-state index contributed by atoms with van der Waals surface area (Å²) in [5, 5.41) is 3.71. The number of unbranched alkanes of at least 4 members (excludes halogenated alkanes) is 1. The van der Waals surface area contributed by atoms with Crippen LogP contribution in [-0.4, -0.2) is 31.6 Å². The van der Waals surface area contributed by atoms with Gasteiger partial charge in [-0.05, 0) is 64.0 Å². The minimum atomic E-state index is 0.486. The Morgan fingerprint density at radius 3 is 2.50 bits per heavy atom. The van der Waals surface area contributed by atoms with Crippen molar-refractivity contribution in [3.8, 4) is 0 Å². The summed E-state index contributed by atoms with van der Waals surface area (Å²) in [4.78, 5) is 2.46. The molecule has 1 aromatic carbocycles. The van der Waals surface area contributed by atoms with Crippen LogP contribution in [-0.2, 0) is 0 Å². The number of nitrogens with zero attached hydrogens (tertiary/aromatic N) is 1. The molecule has 1 unspecified atom stereocenters. The number of rotatable bonds is 10. The highest BCUT2D eigenvalue weighted by Gasteiger charge is 2.13. The number of nitrogens with one attached hydrogen (secondary N) is 1. The van der Waals surface area contributed by atoms with Crippen molar-refractivity contribution in [1.29, 1.82) is 0 Å². The molecule has 0 fully saturated rings. The van der Waals surface area contributed by atoms with Gasteiger partial charge in [0.25, 0.3) is 0 Å². The summed E-state index contributed by atoms with van der Waals surface area (Å²) in [5.41, 5.74) is 2.86. The Balaban J connectivity index is 2.58. The van der Waals surface area contributed by atoms with Crippen LogP contribution in [0.15, 0.2) is 24.3 Å². The van der Waals surface area contributed by atoms with Gasteiger partial charge in [-0.2, -0.15) is 0 Å². The molecule has 20 heavy (non-hydrogen) atoms. The predicted octanol–water partition coefficient (Wildman–Crippen LogP) is 4.16. The van der Waals surface area contributed by atoms with Crippen LogP contribution >= 0.6 is 0 Å². The van der Waals surface area contributed by atoms with Crippen LogP contribution in [0.1, 0.15) is 56.7 Å². The molecule has 1 aromatic rings. The molecule has 0 saturated heterocycles.